The Labute approximate surface area is 106 Å². The van der Waals surface area contributed by atoms with Crippen molar-refractivity contribution in [3.8, 4) is 0 Å². The fourth-order valence-electron chi connectivity index (χ4n) is 2.34. The number of nitrogens with zero attached hydrogens (tertiary/aromatic N) is 2. The monoisotopic (exact) mass is 249 g/mol. The number of aromatic nitrogens is 2. The van der Waals surface area contributed by atoms with E-state index in [2.05, 4.69) is 10.4 Å². The zero-order valence-corrected chi connectivity index (χ0v) is 10.5. The molecule has 0 bridgehead atoms. The van der Waals surface area contributed by atoms with Crippen LogP contribution in [0.3, 0.4) is 0 Å². The van der Waals surface area contributed by atoms with Crippen molar-refractivity contribution >= 4 is 5.91 Å². The van der Waals surface area contributed by atoms with E-state index < -0.39 is 0 Å². The van der Waals surface area contributed by atoms with Gasteiger partial charge in [0, 0.05) is 18.3 Å². The molecule has 1 aromatic heterocycles. The summed E-state index contributed by atoms with van der Waals surface area (Å²) in [5.74, 6) is -0.123. The van der Waals surface area contributed by atoms with E-state index in [4.69, 9.17) is 0 Å². The molecule has 98 valence electrons. The van der Waals surface area contributed by atoms with Crippen LogP contribution >= 0.6 is 0 Å². The highest BCUT2D eigenvalue weighted by atomic mass is 16.2. The first-order valence-electron chi connectivity index (χ1n) is 6.57. The molecule has 0 radical (unpaired) electrons. The topological polar surface area (TPSA) is 64.0 Å². The van der Waals surface area contributed by atoms with Gasteiger partial charge in [0.05, 0.1) is 0 Å². The average molecular weight is 249 g/mol. The minimum Gasteiger partial charge on any atom is -0.352 e. The number of rotatable bonds is 3. The van der Waals surface area contributed by atoms with Crippen LogP contribution < -0.4 is 10.9 Å². The van der Waals surface area contributed by atoms with Crippen molar-refractivity contribution in [3.63, 3.8) is 0 Å². The summed E-state index contributed by atoms with van der Waals surface area (Å²) in [6, 6.07) is 3.24. The van der Waals surface area contributed by atoms with Crippen molar-refractivity contribution in [3.05, 3.63) is 28.7 Å². The maximum Gasteiger partial charge on any atom is 0.267 e. The highest BCUT2D eigenvalue weighted by Crippen LogP contribution is 2.16. The normalized spacial score (nSPS) is 17.1. The number of nitrogens with one attached hydrogen (secondary N) is 1. The maximum absolute atomic E-state index is 11.8. The smallest absolute Gasteiger partial charge is 0.267 e. The Morgan fingerprint density at radius 1 is 1.33 bits per heavy atom. The van der Waals surface area contributed by atoms with Gasteiger partial charge < -0.3 is 5.32 Å². The lowest BCUT2D eigenvalue weighted by molar-refractivity contribution is -0.122. The molecule has 1 aliphatic carbocycles. The van der Waals surface area contributed by atoms with E-state index in [1.165, 1.54) is 42.6 Å². The van der Waals surface area contributed by atoms with Gasteiger partial charge in [-0.25, -0.2) is 4.68 Å². The largest absolute Gasteiger partial charge is 0.352 e. The van der Waals surface area contributed by atoms with Crippen LogP contribution in [0.2, 0.25) is 0 Å². The van der Waals surface area contributed by atoms with Crippen LogP contribution in [0.5, 0.6) is 0 Å². The van der Waals surface area contributed by atoms with E-state index >= 15 is 0 Å². The minimum absolute atomic E-state index is 0.0101. The standard InChI is InChI=1S/C13H19N3O2/c17-12(10-16-13(18)8-5-9-14-16)15-11-6-3-1-2-4-7-11/h5,8-9,11H,1-4,6-7,10H2,(H,15,17). The van der Waals surface area contributed by atoms with Gasteiger partial charge in [0.1, 0.15) is 6.54 Å². The Hall–Kier alpha value is -1.65. The molecule has 1 heterocycles. The van der Waals surface area contributed by atoms with Crippen molar-refractivity contribution in [2.45, 2.75) is 51.1 Å². The summed E-state index contributed by atoms with van der Waals surface area (Å²) in [5, 5.41) is 6.87. The van der Waals surface area contributed by atoms with Crippen molar-refractivity contribution in [2.24, 2.45) is 0 Å². The lowest BCUT2D eigenvalue weighted by Gasteiger charge is -2.16. The summed E-state index contributed by atoms with van der Waals surface area (Å²) >= 11 is 0. The zero-order valence-electron chi connectivity index (χ0n) is 10.5. The van der Waals surface area contributed by atoms with E-state index in [0.717, 1.165) is 12.8 Å². The number of carbonyl (C=O) groups is 1. The second-order valence-electron chi connectivity index (χ2n) is 4.78. The van der Waals surface area contributed by atoms with Gasteiger partial charge in [-0.3, -0.25) is 9.59 Å². The van der Waals surface area contributed by atoms with Crippen molar-refractivity contribution in [2.75, 3.05) is 0 Å². The molecule has 1 N–H and O–H groups in total. The van der Waals surface area contributed by atoms with E-state index in [1.54, 1.807) is 6.07 Å². The number of hydrogen-bond donors (Lipinski definition) is 1. The fourth-order valence-corrected chi connectivity index (χ4v) is 2.34. The summed E-state index contributed by atoms with van der Waals surface area (Å²) in [6.45, 7) is 0.0101. The Kier molecular flexibility index (Phi) is 4.50. The molecule has 0 saturated heterocycles. The third kappa shape index (κ3) is 3.68. The molecule has 1 saturated carbocycles. The molecule has 1 fully saturated rings. The first-order chi connectivity index (χ1) is 8.75. The van der Waals surface area contributed by atoms with Gasteiger partial charge in [-0.2, -0.15) is 5.10 Å². The van der Waals surface area contributed by atoms with Gasteiger partial charge in [0.2, 0.25) is 5.91 Å². The molecule has 0 aromatic carbocycles. The maximum atomic E-state index is 11.8. The van der Waals surface area contributed by atoms with Crippen molar-refractivity contribution in [1.29, 1.82) is 0 Å². The van der Waals surface area contributed by atoms with E-state index in [0.29, 0.717) is 0 Å². The van der Waals surface area contributed by atoms with E-state index in [9.17, 15) is 9.59 Å². The van der Waals surface area contributed by atoms with Crippen LogP contribution in [0.1, 0.15) is 38.5 Å². The van der Waals surface area contributed by atoms with Gasteiger partial charge >= 0.3 is 0 Å². The highest BCUT2D eigenvalue weighted by molar-refractivity contribution is 5.75. The van der Waals surface area contributed by atoms with Gasteiger partial charge in [-0.1, -0.05) is 25.7 Å². The lowest BCUT2D eigenvalue weighted by atomic mass is 10.1. The van der Waals surface area contributed by atoms with Crippen LogP contribution in [0.25, 0.3) is 0 Å². The Bertz CT molecular complexity index is 448. The molecule has 1 amide bonds. The molecule has 18 heavy (non-hydrogen) atoms. The zero-order chi connectivity index (χ0) is 12.8. The second-order valence-corrected chi connectivity index (χ2v) is 4.78. The van der Waals surface area contributed by atoms with Gasteiger partial charge in [-0.05, 0) is 18.9 Å². The third-order valence-corrected chi connectivity index (χ3v) is 3.30. The van der Waals surface area contributed by atoms with Crippen LogP contribution in [0.15, 0.2) is 23.1 Å². The number of carbonyl (C=O) groups excluding carboxylic acids is 1. The van der Waals surface area contributed by atoms with E-state index in [-0.39, 0.29) is 24.1 Å². The lowest BCUT2D eigenvalue weighted by Crippen LogP contribution is -2.39. The molecule has 2 rings (SSSR count). The predicted octanol–water partition coefficient (Wildman–Crippen LogP) is 1.08. The number of hydrogen-bond acceptors (Lipinski definition) is 3. The Morgan fingerprint density at radius 2 is 2.06 bits per heavy atom. The van der Waals surface area contributed by atoms with Gasteiger partial charge in [0.15, 0.2) is 0 Å². The SMILES string of the molecule is O=C(Cn1ncccc1=O)NC1CCCCCC1. The molecular weight excluding hydrogens is 230 g/mol. The first kappa shape index (κ1) is 12.8. The molecule has 1 aliphatic rings. The summed E-state index contributed by atoms with van der Waals surface area (Å²) in [6.07, 6.45) is 8.47. The first-order valence-corrected chi connectivity index (χ1v) is 6.57. The Balaban J connectivity index is 1.88. The number of amides is 1. The fraction of sp³-hybridized carbons (Fsp3) is 0.615. The molecule has 1 aromatic rings. The van der Waals surface area contributed by atoms with Crippen molar-refractivity contribution < 1.29 is 4.79 Å². The minimum atomic E-state index is -0.242. The van der Waals surface area contributed by atoms with E-state index in [1.807, 2.05) is 0 Å². The summed E-state index contributed by atoms with van der Waals surface area (Å²) in [7, 11) is 0. The summed E-state index contributed by atoms with van der Waals surface area (Å²) in [5.41, 5.74) is -0.242. The third-order valence-electron chi connectivity index (χ3n) is 3.30. The summed E-state index contributed by atoms with van der Waals surface area (Å²) in [4.78, 5) is 23.3. The summed E-state index contributed by atoms with van der Waals surface area (Å²) < 4.78 is 1.19. The molecular formula is C13H19N3O2. The molecule has 5 heteroatoms. The van der Waals surface area contributed by atoms with Gasteiger partial charge in [-0.15, -0.1) is 0 Å². The highest BCUT2D eigenvalue weighted by Gasteiger charge is 2.15. The van der Waals surface area contributed by atoms with Crippen LogP contribution in [0.4, 0.5) is 0 Å². The Morgan fingerprint density at radius 3 is 2.72 bits per heavy atom. The molecule has 5 nitrogen and oxygen atoms in total. The van der Waals surface area contributed by atoms with Gasteiger partial charge in [0.25, 0.3) is 5.56 Å². The predicted molar refractivity (Wildman–Crippen MR) is 68.1 cm³/mol. The van der Waals surface area contributed by atoms with Crippen LogP contribution in [-0.2, 0) is 11.3 Å². The quantitative estimate of drug-likeness (QED) is 0.815. The second kappa shape index (κ2) is 6.33. The van der Waals surface area contributed by atoms with Crippen LogP contribution in [0, 0.1) is 0 Å². The molecule has 0 unspecified atom stereocenters. The average Bonchev–Trinajstić information content (AvgIpc) is 2.61. The molecule has 0 spiro atoms. The molecule has 0 aliphatic heterocycles. The van der Waals surface area contributed by atoms with Crippen LogP contribution in [-0.4, -0.2) is 21.7 Å². The van der Waals surface area contributed by atoms with Crippen molar-refractivity contribution in [1.82, 2.24) is 15.1 Å². The molecule has 0 atom stereocenters.